The number of hydrogen-bond donors (Lipinski definition) is 2. The molecule has 1 fully saturated rings. The van der Waals surface area contributed by atoms with E-state index in [1.54, 1.807) is 0 Å². The zero-order chi connectivity index (χ0) is 8.97. The van der Waals surface area contributed by atoms with Crippen LogP contribution >= 0.6 is 0 Å². The Morgan fingerprint density at radius 1 is 1.42 bits per heavy atom. The van der Waals surface area contributed by atoms with Crippen LogP contribution in [0.5, 0.6) is 0 Å². The zero-order valence-corrected chi connectivity index (χ0v) is 8.34. The van der Waals surface area contributed by atoms with Crippen LogP contribution in [0.3, 0.4) is 0 Å². The van der Waals surface area contributed by atoms with Gasteiger partial charge in [-0.05, 0) is 50.2 Å². The van der Waals surface area contributed by atoms with Crippen molar-refractivity contribution < 1.29 is 0 Å². The highest BCUT2D eigenvalue weighted by atomic mass is 14.9. The van der Waals surface area contributed by atoms with Gasteiger partial charge in [-0.3, -0.25) is 0 Å². The second kappa shape index (κ2) is 4.83. The maximum absolute atomic E-state index is 5.67. The normalized spacial score (nSPS) is 20.0. The molecule has 72 valence electrons. The molecule has 2 nitrogen and oxygen atoms in total. The molecule has 0 spiro atoms. The van der Waals surface area contributed by atoms with Gasteiger partial charge in [0.2, 0.25) is 0 Å². The molecule has 1 aliphatic rings. The van der Waals surface area contributed by atoms with Crippen molar-refractivity contribution in [2.75, 3.05) is 19.6 Å². The van der Waals surface area contributed by atoms with Crippen molar-refractivity contribution in [3.8, 4) is 0 Å². The van der Waals surface area contributed by atoms with Crippen LogP contribution in [0.1, 0.15) is 26.7 Å². The third-order valence-electron chi connectivity index (χ3n) is 2.78. The molecule has 0 aromatic heterocycles. The van der Waals surface area contributed by atoms with E-state index >= 15 is 0 Å². The third kappa shape index (κ3) is 3.55. The summed E-state index contributed by atoms with van der Waals surface area (Å²) >= 11 is 0. The van der Waals surface area contributed by atoms with E-state index in [4.69, 9.17) is 5.73 Å². The van der Waals surface area contributed by atoms with Crippen molar-refractivity contribution in [3.63, 3.8) is 0 Å². The lowest BCUT2D eigenvalue weighted by Crippen LogP contribution is -2.32. The van der Waals surface area contributed by atoms with Crippen LogP contribution in [0, 0.1) is 17.8 Å². The number of hydrogen-bond acceptors (Lipinski definition) is 2. The van der Waals surface area contributed by atoms with Gasteiger partial charge in [-0.1, -0.05) is 13.8 Å². The largest absolute Gasteiger partial charge is 0.330 e. The molecule has 2 heteroatoms. The smallest absolute Gasteiger partial charge is 0.000589 e. The summed E-state index contributed by atoms with van der Waals surface area (Å²) in [4.78, 5) is 0. The fourth-order valence-electron chi connectivity index (χ4n) is 1.39. The highest BCUT2D eigenvalue weighted by Crippen LogP contribution is 2.27. The second-order valence-corrected chi connectivity index (χ2v) is 4.34. The molecular formula is C10H22N2. The van der Waals surface area contributed by atoms with Gasteiger partial charge in [-0.15, -0.1) is 0 Å². The van der Waals surface area contributed by atoms with Crippen molar-refractivity contribution in [2.45, 2.75) is 26.7 Å². The van der Waals surface area contributed by atoms with Crippen LogP contribution in [0.25, 0.3) is 0 Å². The van der Waals surface area contributed by atoms with Crippen molar-refractivity contribution in [3.05, 3.63) is 0 Å². The van der Waals surface area contributed by atoms with Crippen molar-refractivity contribution in [2.24, 2.45) is 23.5 Å². The molecule has 0 saturated heterocycles. The Hall–Kier alpha value is -0.0800. The first-order valence-electron chi connectivity index (χ1n) is 5.14. The molecule has 1 rings (SSSR count). The Kier molecular flexibility index (Phi) is 4.02. The molecule has 3 N–H and O–H groups in total. The predicted octanol–water partition coefficient (Wildman–Crippen LogP) is 1.22. The molecule has 1 atom stereocenters. The Morgan fingerprint density at radius 3 is 2.50 bits per heavy atom. The van der Waals surface area contributed by atoms with E-state index in [2.05, 4.69) is 19.2 Å². The van der Waals surface area contributed by atoms with Crippen LogP contribution in [0.4, 0.5) is 0 Å². The molecule has 0 aromatic carbocycles. The summed E-state index contributed by atoms with van der Waals surface area (Å²) in [5.74, 6) is 2.35. The SMILES string of the molecule is CC(C)C(CN)CNCC1CC1. The highest BCUT2D eigenvalue weighted by molar-refractivity contribution is 4.76. The van der Waals surface area contributed by atoms with Gasteiger partial charge in [0.1, 0.15) is 0 Å². The number of rotatable bonds is 6. The minimum absolute atomic E-state index is 0.656. The van der Waals surface area contributed by atoms with Gasteiger partial charge in [-0.2, -0.15) is 0 Å². The Morgan fingerprint density at radius 2 is 2.08 bits per heavy atom. The molecule has 0 aliphatic heterocycles. The number of nitrogens with one attached hydrogen (secondary N) is 1. The monoisotopic (exact) mass is 170 g/mol. The van der Waals surface area contributed by atoms with Crippen LogP contribution in [-0.4, -0.2) is 19.6 Å². The summed E-state index contributed by atoms with van der Waals surface area (Å²) in [5.41, 5.74) is 5.67. The maximum atomic E-state index is 5.67. The van der Waals surface area contributed by atoms with E-state index in [-0.39, 0.29) is 0 Å². The minimum Gasteiger partial charge on any atom is -0.330 e. The van der Waals surface area contributed by atoms with Crippen LogP contribution in [0.15, 0.2) is 0 Å². The van der Waals surface area contributed by atoms with Crippen LogP contribution in [-0.2, 0) is 0 Å². The van der Waals surface area contributed by atoms with E-state index in [0.29, 0.717) is 11.8 Å². The minimum atomic E-state index is 0.656. The molecule has 1 aliphatic carbocycles. The zero-order valence-electron chi connectivity index (χ0n) is 8.34. The van der Waals surface area contributed by atoms with Crippen molar-refractivity contribution in [1.82, 2.24) is 5.32 Å². The maximum Gasteiger partial charge on any atom is -0.000589 e. The molecule has 0 bridgehead atoms. The van der Waals surface area contributed by atoms with Gasteiger partial charge in [0, 0.05) is 0 Å². The summed E-state index contributed by atoms with van der Waals surface area (Å²) in [5, 5.41) is 3.50. The summed E-state index contributed by atoms with van der Waals surface area (Å²) in [6.45, 7) is 7.62. The van der Waals surface area contributed by atoms with Gasteiger partial charge in [-0.25, -0.2) is 0 Å². The lowest BCUT2D eigenvalue weighted by molar-refractivity contribution is 0.369. The Balaban J connectivity index is 2.01. The van der Waals surface area contributed by atoms with Crippen molar-refractivity contribution in [1.29, 1.82) is 0 Å². The average Bonchev–Trinajstić information content (AvgIpc) is 2.80. The van der Waals surface area contributed by atoms with Crippen LogP contribution in [0.2, 0.25) is 0 Å². The third-order valence-corrected chi connectivity index (χ3v) is 2.78. The van der Waals surface area contributed by atoms with Gasteiger partial charge in [0.25, 0.3) is 0 Å². The molecule has 0 heterocycles. The topological polar surface area (TPSA) is 38.0 Å². The first-order valence-corrected chi connectivity index (χ1v) is 5.14. The summed E-state index contributed by atoms with van der Waals surface area (Å²) in [6.07, 6.45) is 2.87. The summed E-state index contributed by atoms with van der Waals surface area (Å²) < 4.78 is 0. The van der Waals surface area contributed by atoms with Gasteiger partial charge in [0.15, 0.2) is 0 Å². The lowest BCUT2D eigenvalue weighted by Gasteiger charge is -2.19. The van der Waals surface area contributed by atoms with E-state index in [0.717, 1.165) is 19.0 Å². The molecular weight excluding hydrogens is 148 g/mol. The van der Waals surface area contributed by atoms with E-state index in [1.165, 1.54) is 19.4 Å². The van der Waals surface area contributed by atoms with E-state index in [1.807, 2.05) is 0 Å². The highest BCUT2D eigenvalue weighted by Gasteiger charge is 2.21. The fourth-order valence-corrected chi connectivity index (χ4v) is 1.39. The van der Waals surface area contributed by atoms with Crippen molar-refractivity contribution >= 4 is 0 Å². The predicted molar refractivity (Wildman–Crippen MR) is 53.0 cm³/mol. The van der Waals surface area contributed by atoms with E-state index < -0.39 is 0 Å². The van der Waals surface area contributed by atoms with Gasteiger partial charge >= 0.3 is 0 Å². The second-order valence-electron chi connectivity index (χ2n) is 4.34. The quantitative estimate of drug-likeness (QED) is 0.629. The molecule has 12 heavy (non-hydrogen) atoms. The molecule has 1 unspecified atom stereocenters. The van der Waals surface area contributed by atoms with Gasteiger partial charge < -0.3 is 11.1 Å². The average molecular weight is 170 g/mol. The first-order chi connectivity index (χ1) is 5.74. The molecule has 1 saturated carbocycles. The van der Waals surface area contributed by atoms with E-state index in [9.17, 15) is 0 Å². The standard InChI is InChI=1S/C10H22N2/c1-8(2)10(5-11)7-12-6-9-3-4-9/h8-10,12H,3-7,11H2,1-2H3. The Bertz CT molecular complexity index is 119. The summed E-state index contributed by atoms with van der Waals surface area (Å²) in [7, 11) is 0. The molecule has 0 aromatic rings. The molecule has 0 amide bonds. The molecule has 0 radical (unpaired) electrons. The Labute approximate surface area is 75.9 Å². The lowest BCUT2D eigenvalue weighted by atomic mass is 9.96. The number of nitrogens with two attached hydrogens (primary N) is 1. The van der Waals surface area contributed by atoms with Crippen LogP contribution < -0.4 is 11.1 Å². The van der Waals surface area contributed by atoms with Gasteiger partial charge in [0.05, 0.1) is 0 Å². The fraction of sp³-hybridized carbons (Fsp3) is 1.00. The first kappa shape index (κ1) is 10.0. The summed E-state index contributed by atoms with van der Waals surface area (Å²) in [6, 6.07) is 0.